The van der Waals surface area contributed by atoms with Gasteiger partial charge in [-0.2, -0.15) is 0 Å². The lowest BCUT2D eigenvalue weighted by Gasteiger charge is -2.13. The van der Waals surface area contributed by atoms with Gasteiger partial charge >= 0.3 is 0 Å². The summed E-state index contributed by atoms with van der Waals surface area (Å²) in [6.07, 6.45) is 0. The number of nitrogens with zero attached hydrogens (tertiary/aromatic N) is 3. The van der Waals surface area contributed by atoms with Gasteiger partial charge < -0.3 is 0 Å². The second-order valence-electron chi connectivity index (χ2n) is 11.1. The molecule has 9 aromatic rings. The summed E-state index contributed by atoms with van der Waals surface area (Å²) in [5.74, 6) is 1.60. The van der Waals surface area contributed by atoms with Gasteiger partial charge in [0.15, 0.2) is 5.82 Å². The van der Waals surface area contributed by atoms with Crippen LogP contribution in [0.5, 0.6) is 0 Å². The smallest absolute Gasteiger partial charge is 0.162 e. The van der Waals surface area contributed by atoms with Gasteiger partial charge in [0.1, 0.15) is 5.82 Å². The highest BCUT2D eigenvalue weighted by molar-refractivity contribution is 6.14. The second-order valence-corrected chi connectivity index (χ2v) is 11.1. The van der Waals surface area contributed by atoms with Crippen molar-refractivity contribution in [3.8, 4) is 28.3 Å². The zero-order chi connectivity index (χ0) is 28.3. The van der Waals surface area contributed by atoms with Crippen molar-refractivity contribution in [1.29, 1.82) is 0 Å². The Morgan fingerprint density at radius 1 is 0.372 bits per heavy atom. The molecule has 0 aliphatic heterocycles. The van der Waals surface area contributed by atoms with E-state index in [0.29, 0.717) is 5.82 Å². The molecule has 0 aliphatic rings. The summed E-state index contributed by atoms with van der Waals surface area (Å²) < 4.78 is 2.31. The zero-order valence-electron chi connectivity index (χ0n) is 23.3. The third-order valence-corrected chi connectivity index (χ3v) is 8.56. The van der Waals surface area contributed by atoms with Crippen LogP contribution in [0.3, 0.4) is 0 Å². The van der Waals surface area contributed by atoms with Gasteiger partial charge in [-0.25, -0.2) is 9.97 Å². The Morgan fingerprint density at radius 3 is 1.79 bits per heavy atom. The molecule has 43 heavy (non-hydrogen) atoms. The summed E-state index contributed by atoms with van der Waals surface area (Å²) in [6.45, 7) is 0. The first-order chi connectivity index (χ1) is 21.3. The topological polar surface area (TPSA) is 30.7 Å². The molecule has 0 bridgehead atoms. The van der Waals surface area contributed by atoms with Gasteiger partial charge in [-0.05, 0) is 69.1 Å². The fourth-order valence-electron chi connectivity index (χ4n) is 6.42. The average molecular weight is 548 g/mol. The van der Waals surface area contributed by atoms with Gasteiger partial charge in [0.05, 0.1) is 16.6 Å². The highest BCUT2D eigenvalue weighted by atomic mass is 15.1. The van der Waals surface area contributed by atoms with E-state index in [1.165, 1.54) is 43.4 Å². The molecule has 200 valence electrons. The van der Waals surface area contributed by atoms with Gasteiger partial charge in [0, 0.05) is 21.7 Å². The summed E-state index contributed by atoms with van der Waals surface area (Å²) in [4.78, 5) is 10.3. The minimum Gasteiger partial charge on any atom is -0.293 e. The van der Waals surface area contributed by atoms with E-state index in [2.05, 4.69) is 150 Å². The summed E-state index contributed by atoms with van der Waals surface area (Å²) in [5.41, 5.74) is 6.55. The van der Waals surface area contributed by atoms with Gasteiger partial charge in [-0.3, -0.25) is 4.57 Å². The van der Waals surface area contributed by atoms with Crippen molar-refractivity contribution in [3.63, 3.8) is 0 Å². The lowest BCUT2D eigenvalue weighted by Crippen LogP contribution is -2.02. The zero-order valence-corrected chi connectivity index (χ0v) is 23.3. The predicted octanol–water partition coefficient (Wildman–Crippen LogP) is 10.4. The molecular weight excluding hydrogens is 522 g/mol. The number of hydrogen-bond donors (Lipinski definition) is 0. The van der Waals surface area contributed by atoms with Crippen LogP contribution in [0.15, 0.2) is 152 Å². The average Bonchev–Trinajstić information content (AvgIpc) is 3.39. The lowest BCUT2D eigenvalue weighted by molar-refractivity contribution is 1.08. The first kappa shape index (κ1) is 23.9. The largest absolute Gasteiger partial charge is 0.293 e. The molecule has 0 fully saturated rings. The quantitative estimate of drug-likeness (QED) is 0.220. The van der Waals surface area contributed by atoms with Crippen molar-refractivity contribution in [1.82, 2.24) is 14.5 Å². The normalized spacial score (nSPS) is 11.7. The van der Waals surface area contributed by atoms with Crippen LogP contribution in [-0.4, -0.2) is 14.5 Å². The van der Waals surface area contributed by atoms with Crippen LogP contribution in [0, 0.1) is 0 Å². The Labute approximate surface area is 248 Å². The molecule has 0 saturated carbocycles. The Bertz CT molecular complexity index is 2500. The van der Waals surface area contributed by atoms with Gasteiger partial charge in [-0.15, -0.1) is 0 Å². The molecule has 0 unspecified atom stereocenters. The summed E-state index contributed by atoms with van der Waals surface area (Å²) in [7, 11) is 0. The van der Waals surface area contributed by atoms with E-state index in [-0.39, 0.29) is 0 Å². The molecule has 0 spiro atoms. The van der Waals surface area contributed by atoms with Gasteiger partial charge in [-0.1, -0.05) is 115 Å². The molecule has 9 rings (SSSR count). The van der Waals surface area contributed by atoms with Crippen molar-refractivity contribution in [2.45, 2.75) is 0 Å². The minimum absolute atomic E-state index is 0.713. The Hall–Kier alpha value is -5.80. The van der Waals surface area contributed by atoms with Crippen molar-refractivity contribution in [2.24, 2.45) is 0 Å². The van der Waals surface area contributed by atoms with E-state index in [1.54, 1.807) is 0 Å². The second kappa shape index (κ2) is 9.37. The van der Waals surface area contributed by atoms with E-state index < -0.39 is 0 Å². The third-order valence-electron chi connectivity index (χ3n) is 8.56. The Morgan fingerprint density at radius 2 is 0.977 bits per heavy atom. The van der Waals surface area contributed by atoms with Gasteiger partial charge in [0.2, 0.25) is 0 Å². The number of hydrogen-bond acceptors (Lipinski definition) is 2. The van der Waals surface area contributed by atoms with E-state index in [1.807, 2.05) is 6.07 Å². The molecule has 2 aromatic heterocycles. The number of rotatable bonds is 3. The third kappa shape index (κ3) is 3.83. The van der Waals surface area contributed by atoms with Crippen LogP contribution in [-0.2, 0) is 0 Å². The standard InChI is InChI=1S/C40H25N3/c1-2-10-29-23-32(22-19-26(29)9-1)27-17-20-28(21-18-27)39-41-36-15-7-5-14-34(36)40(42-39)43-37-16-8-6-13-33(37)35-24-30-11-3-4-12-31(30)25-38(35)43/h1-25H. The van der Waals surface area contributed by atoms with Crippen molar-refractivity contribution < 1.29 is 0 Å². The van der Waals surface area contributed by atoms with Crippen molar-refractivity contribution in [2.75, 3.05) is 0 Å². The van der Waals surface area contributed by atoms with Crippen molar-refractivity contribution in [3.05, 3.63) is 152 Å². The first-order valence-corrected chi connectivity index (χ1v) is 14.6. The molecule has 2 heterocycles. The maximum atomic E-state index is 5.29. The molecule has 0 aliphatic carbocycles. The first-order valence-electron chi connectivity index (χ1n) is 14.6. The summed E-state index contributed by atoms with van der Waals surface area (Å²) in [6, 6.07) is 53.8. The number of para-hydroxylation sites is 2. The molecule has 0 atom stereocenters. The fraction of sp³-hybridized carbons (Fsp3) is 0. The molecule has 0 amide bonds. The lowest BCUT2D eigenvalue weighted by atomic mass is 10.00. The monoisotopic (exact) mass is 547 g/mol. The number of fused-ring (bicyclic) bond motifs is 6. The molecule has 3 nitrogen and oxygen atoms in total. The highest BCUT2D eigenvalue weighted by Gasteiger charge is 2.18. The summed E-state index contributed by atoms with van der Waals surface area (Å²) >= 11 is 0. The minimum atomic E-state index is 0.713. The van der Waals surface area contributed by atoms with Gasteiger partial charge in [0.25, 0.3) is 0 Å². The molecule has 0 N–H and O–H groups in total. The fourth-order valence-corrected chi connectivity index (χ4v) is 6.42. The maximum absolute atomic E-state index is 5.29. The number of benzene rings is 7. The summed E-state index contributed by atoms with van der Waals surface area (Å²) in [5, 5.41) is 8.39. The highest BCUT2D eigenvalue weighted by Crippen LogP contribution is 2.37. The Kier molecular flexibility index (Phi) is 5.20. The van der Waals surface area contributed by atoms with Crippen LogP contribution in [0.25, 0.3) is 82.6 Å². The molecule has 3 heteroatoms. The van der Waals surface area contributed by atoms with E-state index in [4.69, 9.17) is 9.97 Å². The van der Waals surface area contributed by atoms with Crippen LogP contribution < -0.4 is 0 Å². The molecule has 0 saturated heterocycles. The molecule has 7 aromatic carbocycles. The SMILES string of the molecule is c1ccc2cc(-c3ccc(-c4nc(-n5c6ccccc6c6cc7ccccc7cc65)c5ccccc5n4)cc3)ccc2c1. The predicted molar refractivity (Wildman–Crippen MR) is 180 cm³/mol. The van der Waals surface area contributed by atoms with Crippen LogP contribution in [0.2, 0.25) is 0 Å². The van der Waals surface area contributed by atoms with Crippen LogP contribution >= 0.6 is 0 Å². The van der Waals surface area contributed by atoms with E-state index >= 15 is 0 Å². The van der Waals surface area contributed by atoms with Crippen LogP contribution in [0.4, 0.5) is 0 Å². The maximum Gasteiger partial charge on any atom is 0.162 e. The molecule has 0 radical (unpaired) electrons. The van der Waals surface area contributed by atoms with Crippen molar-refractivity contribution >= 4 is 54.3 Å². The van der Waals surface area contributed by atoms with E-state index in [9.17, 15) is 0 Å². The van der Waals surface area contributed by atoms with Crippen LogP contribution in [0.1, 0.15) is 0 Å². The number of aromatic nitrogens is 3. The van der Waals surface area contributed by atoms with E-state index in [0.717, 1.165) is 33.3 Å². The molecular formula is C40H25N3. The Balaban J connectivity index is 1.25.